The summed E-state index contributed by atoms with van der Waals surface area (Å²) in [5.74, 6) is -2.05. The Hall–Kier alpha value is -1.90. The molecule has 1 N–H and O–H groups in total. The molecule has 27 heavy (non-hydrogen) atoms. The Labute approximate surface area is 186 Å². The van der Waals surface area contributed by atoms with Gasteiger partial charge >= 0.3 is 49.7 Å². The van der Waals surface area contributed by atoms with E-state index >= 15 is 0 Å². The van der Waals surface area contributed by atoms with Crippen LogP contribution in [0.1, 0.15) is 32.3 Å². The van der Waals surface area contributed by atoms with Gasteiger partial charge < -0.3 is 14.8 Å². The summed E-state index contributed by atoms with van der Waals surface area (Å²) in [6.45, 7) is 5.21. The molecule has 0 aliphatic carbocycles. The van der Waals surface area contributed by atoms with Crippen molar-refractivity contribution in [3.63, 3.8) is 0 Å². The maximum absolute atomic E-state index is 12.5. The number of carbonyl (C=O) groups is 2. The van der Waals surface area contributed by atoms with Crippen LogP contribution in [0.4, 0.5) is 5.69 Å². The van der Waals surface area contributed by atoms with Crippen molar-refractivity contribution >= 4 is 55.4 Å². The topological polar surface area (TPSA) is 108 Å². The number of methoxy groups -OCH3 is 1. The molecule has 1 heterocycles. The number of nitro groups is 1. The SMILES string of the molecule is CCOC(=O)C1=C(C)NC(C)=C(C(=O)OC)C1c1cccc([N+](=O)[O-])c1.[CaH2]. The Morgan fingerprint density at radius 1 is 1.19 bits per heavy atom. The van der Waals surface area contributed by atoms with Gasteiger partial charge in [0.2, 0.25) is 0 Å². The fourth-order valence-corrected chi connectivity index (χ4v) is 3.01. The van der Waals surface area contributed by atoms with Gasteiger partial charge in [0.25, 0.3) is 5.69 Å². The normalized spacial score (nSPS) is 16.2. The van der Waals surface area contributed by atoms with Gasteiger partial charge in [-0.1, -0.05) is 12.1 Å². The number of nitro benzene ring substituents is 1. The molecule has 1 unspecified atom stereocenters. The van der Waals surface area contributed by atoms with Crippen LogP contribution in [0.3, 0.4) is 0 Å². The van der Waals surface area contributed by atoms with Gasteiger partial charge in [-0.25, -0.2) is 9.59 Å². The quantitative estimate of drug-likeness (QED) is 0.345. The van der Waals surface area contributed by atoms with Crippen molar-refractivity contribution in [3.8, 4) is 0 Å². The number of hydrogen-bond acceptors (Lipinski definition) is 7. The molecule has 0 bridgehead atoms. The van der Waals surface area contributed by atoms with Crippen LogP contribution in [-0.4, -0.2) is 68.3 Å². The molecular weight excluding hydrogens is 380 g/mol. The molecule has 142 valence electrons. The standard InChI is InChI=1S/C18H20N2O6.Ca.2H/c1-5-26-18(22)15-11(3)19-10(2)14(17(21)25-4)16(15)12-7-6-8-13(9-12)20(23)24;;;/h6-9,16,19H,5H2,1-4H3;;;. The van der Waals surface area contributed by atoms with Crippen LogP contribution >= 0.6 is 0 Å². The van der Waals surface area contributed by atoms with Crippen LogP contribution in [0.5, 0.6) is 0 Å². The molecule has 1 aliphatic heterocycles. The van der Waals surface area contributed by atoms with Gasteiger partial charge in [-0.3, -0.25) is 10.1 Å². The van der Waals surface area contributed by atoms with Gasteiger partial charge in [0.15, 0.2) is 0 Å². The zero-order valence-electron chi connectivity index (χ0n) is 15.0. The Kier molecular flexibility index (Phi) is 8.46. The molecule has 0 radical (unpaired) electrons. The number of ether oxygens (including phenoxy) is 2. The van der Waals surface area contributed by atoms with Gasteiger partial charge in [0, 0.05) is 23.5 Å². The first kappa shape index (κ1) is 23.1. The van der Waals surface area contributed by atoms with E-state index in [0.29, 0.717) is 17.0 Å². The molecule has 0 fully saturated rings. The molecule has 1 aromatic carbocycles. The van der Waals surface area contributed by atoms with Gasteiger partial charge in [-0.15, -0.1) is 0 Å². The first-order valence-electron chi connectivity index (χ1n) is 8.00. The predicted octanol–water partition coefficient (Wildman–Crippen LogP) is 1.65. The zero-order chi connectivity index (χ0) is 19.4. The summed E-state index contributed by atoms with van der Waals surface area (Å²) in [5.41, 5.74) is 1.76. The van der Waals surface area contributed by atoms with Crippen LogP contribution in [0.2, 0.25) is 0 Å². The van der Waals surface area contributed by atoms with Crippen molar-refractivity contribution in [2.24, 2.45) is 0 Å². The number of benzene rings is 1. The minimum atomic E-state index is -0.831. The predicted molar refractivity (Wildman–Crippen MR) is 102 cm³/mol. The van der Waals surface area contributed by atoms with Crippen LogP contribution in [0.15, 0.2) is 46.8 Å². The van der Waals surface area contributed by atoms with Crippen molar-refractivity contribution in [2.75, 3.05) is 13.7 Å². The Bertz CT molecular complexity index is 831. The summed E-state index contributed by atoms with van der Waals surface area (Å²) in [6.07, 6.45) is 0. The summed E-state index contributed by atoms with van der Waals surface area (Å²) >= 11 is 0. The molecule has 0 aromatic heterocycles. The molecule has 1 atom stereocenters. The number of hydrogen-bond donors (Lipinski definition) is 1. The van der Waals surface area contributed by atoms with E-state index in [-0.39, 0.29) is 61.2 Å². The monoisotopic (exact) mass is 402 g/mol. The van der Waals surface area contributed by atoms with Gasteiger partial charge in [0.05, 0.1) is 35.7 Å². The Morgan fingerprint density at radius 2 is 1.78 bits per heavy atom. The third kappa shape index (κ3) is 4.88. The van der Waals surface area contributed by atoms with Gasteiger partial charge in [0.1, 0.15) is 0 Å². The van der Waals surface area contributed by atoms with Crippen molar-refractivity contribution in [2.45, 2.75) is 26.7 Å². The minimum absolute atomic E-state index is 0. The Balaban J connectivity index is 0.00000364. The number of nitrogens with one attached hydrogen (secondary N) is 1. The van der Waals surface area contributed by atoms with E-state index in [9.17, 15) is 19.7 Å². The molecule has 0 spiro atoms. The summed E-state index contributed by atoms with van der Waals surface area (Å²) in [7, 11) is 1.24. The average molecular weight is 402 g/mol. The van der Waals surface area contributed by atoms with E-state index in [1.54, 1.807) is 26.8 Å². The summed E-state index contributed by atoms with van der Waals surface area (Å²) in [5, 5.41) is 14.1. The molecule has 1 aliphatic rings. The van der Waals surface area contributed by atoms with Crippen molar-refractivity contribution in [1.82, 2.24) is 5.32 Å². The molecule has 0 saturated carbocycles. The number of non-ortho nitro benzene ring substituents is 1. The number of allylic oxidation sites excluding steroid dienone is 2. The van der Waals surface area contributed by atoms with Crippen LogP contribution in [-0.2, 0) is 19.1 Å². The van der Waals surface area contributed by atoms with Crippen molar-refractivity contribution in [1.29, 1.82) is 0 Å². The van der Waals surface area contributed by atoms with E-state index in [0.717, 1.165) is 0 Å². The molecule has 9 heteroatoms. The first-order valence-corrected chi connectivity index (χ1v) is 8.00. The van der Waals surface area contributed by atoms with Crippen molar-refractivity contribution in [3.05, 3.63) is 62.5 Å². The molecule has 2 rings (SSSR count). The summed E-state index contributed by atoms with van der Waals surface area (Å²) in [4.78, 5) is 35.5. The average Bonchev–Trinajstić information content (AvgIpc) is 2.60. The number of nitrogens with zero attached hydrogens (tertiary/aromatic N) is 1. The number of esters is 2. The van der Waals surface area contributed by atoms with Gasteiger partial charge in [-0.2, -0.15) is 0 Å². The molecule has 0 amide bonds. The first-order chi connectivity index (χ1) is 12.3. The van der Waals surface area contributed by atoms with Crippen LogP contribution in [0, 0.1) is 10.1 Å². The van der Waals surface area contributed by atoms with Crippen molar-refractivity contribution < 1.29 is 24.0 Å². The molecule has 0 saturated heterocycles. The molecule has 8 nitrogen and oxygen atoms in total. The van der Waals surface area contributed by atoms with E-state index in [4.69, 9.17) is 9.47 Å². The van der Waals surface area contributed by atoms with Gasteiger partial charge in [-0.05, 0) is 26.3 Å². The second kappa shape index (κ2) is 9.87. The molecule has 1 aromatic rings. The fraction of sp³-hybridized carbons (Fsp3) is 0.333. The second-order valence-corrected chi connectivity index (χ2v) is 5.70. The summed E-state index contributed by atoms with van der Waals surface area (Å²) < 4.78 is 10.0. The molecular formula is C18H22CaN2O6. The summed E-state index contributed by atoms with van der Waals surface area (Å²) in [6, 6.07) is 5.84. The number of dihydropyridines is 1. The van der Waals surface area contributed by atoms with E-state index in [1.807, 2.05) is 0 Å². The second-order valence-electron chi connectivity index (χ2n) is 5.70. The number of carbonyl (C=O) groups excluding carboxylic acids is 2. The van der Waals surface area contributed by atoms with E-state index in [2.05, 4.69) is 5.32 Å². The van der Waals surface area contributed by atoms with E-state index < -0.39 is 22.8 Å². The fourth-order valence-electron chi connectivity index (χ4n) is 3.01. The maximum atomic E-state index is 12.5. The van der Waals surface area contributed by atoms with Crippen LogP contribution < -0.4 is 5.32 Å². The Morgan fingerprint density at radius 3 is 2.30 bits per heavy atom. The third-order valence-corrected chi connectivity index (χ3v) is 4.08. The zero-order valence-corrected chi connectivity index (χ0v) is 15.0. The third-order valence-electron chi connectivity index (χ3n) is 4.08. The number of rotatable bonds is 5. The van der Waals surface area contributed by atoms with Crippen LogP contribution in [0.25, 0.3) is 0 Å². The van der Waals surface area contributed by atoms with E-state index in [1.165, 1.54) is 25.3 Å².